The van der Waals surface area contributed by atoms with E-state index >= 15 is 0 Å². The van der Waals surface area contributed by atoms with Gasteiger partial charge >= 0.3 is 0 Å². The molecule has 7 heteroatoms. The molecular formula is C16H21N3O3S. The smallest absolute Gasteiger partial charge is 0.273 e. The number of aryl methyl sites for hydroxylation is 1. The van der Waals surface area contributed by atoms with Crippen molar-refractivity contribution >= 4 is 22.4 Å². The van der Waals surface area contributed by atoms with Crippen LogP contribution in [-0.2, 0) is 18.0 Å². The topological polar surface area (TPSA) is 63.6 Å². The van der Waals surface area contributed by atoms with E-state index in [2.05, 4.69) is 4.72 Å². The lowest BCUT2D eigenvalue weighted by molar-refractivity contribution is 0.417. The number of rotatable bonds is 5. The van der Waals surface area contributed by atoms with Crippen LogP contribution in [0.1, 0.15) is 0 Å². The van der Waals surface area contributed by atoms with Crippen molar-refractivity contribution in [2.24, 2.45) is 7.05 Å². The molecule has 0 aliphatic rings. The molecule has 0 amide bonds. The van der Waals surface area contributed by atoms with Crippen molar-refractivity contribution < 1.29 is 8.95 Å². The molecule has 0 fully saturated rings. The minimum absolute atomic E-state index is 0.0553. The number of methoxy groups -OCH3 is 1. The highest BCUT2D eigenvalue weighted by atomic mass is 32.2. The molecule has 23 heavy (non-hydrogen) atoms. The Bertz CT molecular complexity index is 800. The van der Waals surface area contributed by atoms with E-state index in [0.29, 0.717) is 17.1 Å². The number of hydrogen-bond donors (Lipinski definition) is 1. The van der Waals surface area contributed by atoms with Crippen molar-refractivity contribution in [3.63, 3.8) is 0 Å². The minimum Gasteiger partial charge on any atom is -0.495 e. The highest BCUT2D eigenvalue weighted by Crippen LogP contribution is 2.31. The van der Waals surface area contributed by atoms with Crippen LogP contribution >= 0.6 is 0 Å². The van der Waals surface area contributed by atoms with E-state index in [1.54, 1.807) is 36.1 Å². The summed E-state index contributed by atoms with van der Waals surface area (Å²) in [6, 6.07) is 7.42. The number of hydrogen-bond acceptors (Lipinski definition) is 4. The summed E-state index contributed by atoms with van der Waals surface area (Å²) in [5.74, 6) is 0.613. The Morgan fingerprint density at radius 1 is 1.22 bits per heavy atom. The molecule has 0 aliphatic heterocycles. The molecule has 2 aromatic rings. The lowest BCUT2D eigenvalue weighted by Gasteiger charge is -2.16. The van der Waals surface area contributed by atoms with Gasteiger partial charge in [0.2, 0.25) is 0 Å². The number of nitrogens with one attached hydrogen (secondary N) is 1. The van der Waals surface area contributed by atoms with Gasteiger partial charge in [-0.3, -0.25) is 4.79 Å². The highest BCUT2D eigenvalue weighted by Gasteiger charge is 2.11. The van der Waals surface area contributed by atoms with Crippen molar-refractivity contribution in [3.8, 4) is 16.9 Å². The Kier molecular flexibility index (Phi) is 5.10. The Morgan fingerprint density at radius 3 is 2.48 bits per heavy atom. The average molecular weight is 335 g/mol. The molecule has 0 aliphatic carbocycles. The van der Waals surface area contributed by atoms with Crippen LogP contribution in [0, 0.1) is 0 Å². The summed E-state index contributed by atoms with van der Waals surface area (Å²) in [5, 5.41) is 0. The Hall–Kier alpha value is -2.28. The van der Waals surface area contributed by atoms with Gasteiger partial charge in [0.15, 0.2) is 0 Å². The SMILES string of the molecule is COc1ccc(-c2cc(N(C)C)c(=O)n(C)c2)cc1NS(C)=O. The predicted molar refractivity (Wildman–Crippen MR) is 95.7 cm³/mol. The third kappa shape index (κ3) is 3.73. The van der Waals surface area contributed by atoms with Gasteiger partial charge in [-0.25, -0.2) is 4.21 Å². The number of anilines is 2. The van der Waals surface area contributed by atoms with Crippen molar-refractivity contribution in [3.05, 3.63) is 40.8 Å². The van der Waals surface area contributed by atoms with Gasteiger partial charge in [-0.1, -0.05) is 6.07 Å². The summed E-state index contributed by atoms with van der Waals surface area (Å²) in [6.45, 7) is 0. The number of pyridine rings is 1. The van der Waals surface area contributed by atoms with Crippen molar-refractivity contribution in [2.75, 3.05) is 37.1 Å². The molecule has 1 aromatic carbocycles. The van der Waals surface area contributed by atoms with E-state index in [1.807, 2.05) is 38.4 Å². The van der Waals surface area contributed by atoms with Crippen LogP contribution in [0.3, 0.4) is 0 Å². The zero-order chi connectivity index (χ0) is 17.1. The summed E-state index contributed by atoms with van der Waals surface area (Å²) in [5.41, 5.74) is 2.99. The van der Waals surface area contributed by atoms with Crippen LogP contribution < -0.4 is 19.9 Å². The first-order valence-corrected chi connectivity index (χ1v) is 8.55. The van der Waals surface area contributed by atoms with Crippen LogP contribution in [0.4, 0.5) is 11.4 Å². The van der Waals surface area contributed by atoms with Gasteiger partial charge in [0.05, 0.1) is 12.8 Å². The van der Waals surface area contributed by atoms with Gasteiger partial charge in [0.25, 0.3) is 5.56 Å². The molecule has 0 saturated heterocycles. The number of nitrogens with zero attached hydrogens (tertiary/aromatic N) is 2. The van der Waals surface area contributed by atoms with E-state index in [1.165, 1.54) is 0 Å². The zero-order valence-electron chi connectivity index (χ0n) is 13.9. The maximum Gasteiger partial charge on any atom is 0.273 e. The van der Waals surface area contributed by atoms with Crippen molar-refractivity contribution in [1.29, 1.82) is 0 Å². The van der Waals surface area contributed by atoms with Crippen LogP contribution in [0.15, 0.2) is 35.3 Å². The molecule has 0 saturated carbocycles. The zero-order valence-corrected chi connectivity index (χ0v) is 14.7. The lowest BCUT2D eigenvalue weighted by Crippen LogP contribution is -2.25. The standard InChI is InChI=1S/C16H21N3O3S/c1-18(2)14-9-12(10-19(3)16(14)20)11-6-7-15(22-4)13(8-11)17-23(5)21/h6-10,17H,1-5H3. The molecule has 1 atom stereocenters. The summed E-state index contributed by atoms with van der Waals surface area (Å²) >= 11 is 0. The van der Waals surface area contributed by atoms with E-state index in [0.717, 1.165) is 11.1 Å². The Labute approximate surface area is 138 Å². The Balaban J connectivity index is 2.58. The van der Waals surface area contributed by atoms with Gasteiger partial charge < -0.3 is 18.9 Å². The van der Waals surface area contributed by atoms with Crippen LogP contribution in [-0.4, -0.2) is 36.2 Å². The fourth-order valence-electron chi connectivity index (χ4n) is 2.29. The molecule has 1 heterocycles. The first-order valence-electron chi connectivity index (χ1n) is 7.00. The molecule has 6 nitrogen and oxygen atoms in total. The van der Waals surface area contributed by atoms with Crippen LogP contribution in [0.5, 0.6) is 5.75 Å². The van der Waals surface area contributed by atoms with Gasteiger partial charge in [-0.15, -0.1) is 0 Å². The predicted octanol–water partition coefficient (Wildman–Crippen LogP) is 1.83. The monoisotopic (exact) mass is 335 g/mol. The van der Waals surface area contributed by atoms with Crippen molar-refractivity contribution in [2.45, 2.75) is 0 Å². The van der Waals surface area contributed by atoms with E-state index in [-0.39, 0.29) is 5.56 Å². The highest BCUT2D eigenvalue weighted by molar-refractivity contribution is 7.85. The number of ether oxygens (including phenoxy) is 1. The summed E-state index contributed by atoms with van der Waals surface area (Å²) < 4.78 is 21.2. The normalized spacial score (nSPS) is 11.9. The molecule has 0 radical (unpaired) electrons. The maximum absolute atomic E-state index is 12.2. The largest absolute Gasteiger partial charge is 0.495 e. The third-order valence-electron chi connectivity index (χ3n) is 3.43. The van der Waals surface area contributed by atoms with E-state index in [9.17, 15) is 9.00 Å². The minimum atomic E-state index is -1.21. The average Bonchev–Trinajstić information content (AvgIpc) is 2.48. The molecular weight excluding hydrogens is 314 g/mol. The van der Waals surface area contributed by atoms with Crippen LogP contribution in [0.2, 0.25) is 0 Å². The second kappa shape index (κ2) is 6.87. The van der Waals surface area contributed by atoms with Gasteiger partial charge in [0, 0.05) is 39.2 Å². The van der Waals surface area contributed by atoms with Crippen LogP contribution in [0.25, 0.3) is 11.1 Å². The summed E-state index contributed by atoms with van der Waals surface area (Å²) in [6.07, 6.45) is 3.34. The van der Waals surface area contributed by atoms with Gasteiger partial charge in [0.1, 0.15) is 22.4 Å². The van der Waals surface area contributed by atoms with Gasteiger partial charge in [-0.05, 0) is 23.8 Å². The molecule has 0 spiro atoms. The Morgan fingerprint density at radius 2 is 1.91 bits per heavy atom. The quantitative estimate of drug-likeness (QED) is 0.905. The molecule has 0 bridgehead atoms. The summed E-state index contributed by atoms with van der Waals surface area (Å²) in [7, 11) is 5.75. The summed E-state index contributed by atoms with van der Waals surface area (Å²) in [4.78, 5) is 13.9. The molecule has 1 N–H and O–H groups in total. The molecule has 124 valence electrons. The first-order chi connectivity index (χ1) is 10.8. The first kappa shape index (κ1) is 17.1. The molecule has 1 aromatic heterocycles. The fourth-order valence-corrected chi connectivity index (χ4v) is 2.76. The second-order valence-electron chi connectivity index (χ2n) is 5.40. The molecule has 1 unspecified atom stereocenters. The van der Waals surface area contributed by atoms with Gasteiger partial charge in [-0.2, -0.15) is 0 Å². The fraction of sp³-hybridized carbons (Fsp3) is 0.312. The number of aromatic nitrogens is 1. The molecule has 2 rings (SSSR count). The van der Waals surface area contributed by atoms with Crippen molar-refractivity contribution in [1.82, 2.24) is 4.57 Å². The second-order valence-corrected chi connectivity index (χ2v) is 6.51. The number of benzene rings is 1. The third-order valence-corrected chi connectivity index (χ3v) is 3.94. The lowest BCUT2D eigenvalue weighted by atomic mass is 10.1. The maximum atomic E-state index is 12.2. The van der Waals surface area contributed by atoms with E-state index < -0.39 is 11.0 Å². The van der Waals surface area contributed by atoms with E-state index in [4.69, 9.17) is 4.74 Å².